The number of hydrogen-bond donors (Lipinski definition) is 1. The van der Waals surface area contributed by atoms with Gasteiger partial charge in [0.05, 0.1) is 0 Å². The van der Waals surface area contributed by atoms with Crippen LogP contribution in [-0.2, 0) is 31.0 Å². The normalized spacial score (nSPS) is 19.2. The zero-order valence-corrected chi connectivity index (χ0v) is 22.9. The fourth-order valence-electron chi connectivity index (χ4n) is 5.31. The number of imide groups is 1. The van der Waals surface area contributed by atoms with Crippen LogP contribution < -0.4 is 10.8 Å². The first-order valence-electron chi connectivity index (χ1n) is 12.3. The van der Waals surface area contributed by atoms with Crippen molar-refractivity contribution >= 4 is 87.9 Å². The van der Waals surface area contributed by atoms with Gasteiger partial charge in [0.1, 0.15) is 45.3 Å². The molecular weight excluding hydrogens is 509 g/mol. The Morgan fingerprint density at radius 1 is 1.11 bits per heavy atom. The van der Waals surface area contributed by atoms with Gasteiger partial charge in [0.25, 0.3) is 11.8 Å². The molecule has 16 heteroatoms. The van der Waals surface area contributed by atoms with E-state index >= 15 is 8.78 Å². The molecule has 0 saturated carbocycles. The maximum atomic E-state index is 15.2. The number of nitrogens with zero attached hydrogens (tertiary/aromatic N) is 2. The first-order chi connectivity index (χ1) is 17.5. The van der Waals surface area contributed by atoms with Crippen molar-refractivity contribution in [1.29, 1.82) is 0 Å². The highest BCUT2D eigenvalue weighted by molar-refractivity contribution is 6.47. The third kappa shape index (κ3) is 4.38. The summed E-state index contributed by atoms with van der Waals surface area (Å²) in [6, 6.07) is 7.50. The molecule has 1 saturated heterocycles. The van der Waals surface area contributed by atoms with Gasteiger partial charge in [-0.05, 0) is 35.0 Å². The van der Waals surface area contributed by atoms with E-state index in [1.165, 1.54) is 25.0 Å². The molecule has 38 heavy (non-hydrogen) atoms. The van der Waals surface area contributed by atoms with Crippen molar-refractivity contribution < 1.29 is 28.0 Å². The molecule has 4 rings (SSSR count). The number of rotatable bonds is 5. The number of alkyl halides is 2. The van der Waals surface area contributed by atoms with Gasteiger partial charge in [-0.1, -0.05) is 41.3 Å². The molecule has 7 nitrogen and oxygen atoms in total. The average Bonchev–Trinajstić information content (AvgIpc) is 3.04. The van der Waals surface area contributed by atoms with Crippen molar-refractivity contribution in [1.82, 2.24) is 15.0 Å². The molecule has 1 fully saturated rings. The van der Waals surface area contributed by atoms with E-state index in [2.05, 4.69) is 5.32 Å². The van der Waals surface area contributed by atoms with Gasteiger partial charge in [-0.2, -0.15) is 8.78 Å². The maximum absolute atomic E-state index is 15.2. The summed E-state index contributed by atoms with van der Waals surface area (Å²) in [6.45, 7) is 0. The third-order valence-electron chi connectivity index (χ3n) is 7.88. The highest BCUT2D eigenvalue weighted by Crippen LogP contribution is 2.40. The largest absolute Gasteiger partial charge is 0.393 e. The fraction of sp³-hybridized carbons (Fsp3) is 0.273. The van der Waals surface area contributed by atoms with E-state index in [1.807, 2.05) is 0 Å². The summed E-state index contributed by atoms with van der Waals surface area (Å²) in [5.41, 5.74) is 1.75. The molecular formula is C22H24B6ClF2N3O4. The second-order valence-electron chi connectivity index (χ2n) is 10.9. The molecule has 190 valence electrons. The van der Waals surface area contributed by atoms with Gasteiger partial charge in [0.15, 0.2) is 0 Å². The van der Waals surface area contributed by atoms with Crippen LogP contribution in [0.3, 0.4) is 0 Å². The Labute approximate surface area is 229 Å². The van der Waals surface area contributed by atoms with Gasteiger partial charge >= 0.3 is 5.92 Å². The van der Waals surface area contributed by atoms with Gasteiger partial charge in [-0.15, -0.1) is 0 Å². The number of carbonyl (C=O) groups excluding carboxylic acids is 4. The van der Waals surface area contributed by atoms with Crippen molar-refractivity contribution in [2.45, 2.75) is 35.5 Å². The van der Waals surface area contributed by atoms with Crippen LogP contribution in [0.15, 0.2) is 36.4 Å². The van der Waals surface area contributed by atoms with Crippen LogP contribution in [0.4, 0.5) is 8.78 Å². The van der Waals surface area contributed by atoms with E-state index in [9.17, 15) is 19.2 Å². The third-order valence-corrected chi connectivity index (χ3v) is 8.13. The summed E-state index contributed by atoms with van der Waals surface area (Å²) in [4.78, 5) is 53.5. The van der Waals surface area contributed by atoms with Gasteiger partial charge < -0.3 is 9.71 Å². The van der Waals surface area contributed by atoms with Crippen LogP contribution in [0.25, 0.3) is 0 Å². The summed E-state index contributed by atoms with van der Waals surface area (Å²) >= 11 is 5.82. The fourth-order valence-corrected chi connectivity index (χ4v) is 5.44. The van der Waals surface area contributed by atoms with Crippen LogP contribution in [0.1, 0.15) is 39.9 Å². The number of fused-ring (bicyclic) bond motifs is 1. The quantitative estimate of drug-likeness (QED) is 0.313. The lowest BCUT2D eigenvalue weighted by atomic mass is 9.53. The summed E-state index contributed by atoms with van der Waals surface area (Å²) in [6.07, 6.45) is 0.334. The molecule has 0 spiro atoms. The minimum absolute atomic E-state index is 0.124. The van der Waals surface area contributed by atoms with Crippen LogP contribution in [0, 0.1) is 0 Å². The topological polar surface area (TPSA) is 86.8 Å². The average molecular weight is 533 g/mol. The Balaban J connectivity index is 1.71. The zero-order valence-electron chi connectivity index (χ0n) is 22.1. The SMILES string of the molecule is Bc1cc(C(B)(B)N(B)C(=O)C(F)(F)c2ccc(Cl)cc2)cc2c1C(=O)N(C1CCC(=O)NC1=O)C2(B)B. The number of hydrogen-bond acceptors (Lipinski definition) is 4. The number of carbonyl (C=O) groups is 4. The molecule has 0 aliphatic carbocycles. The lowest BCUT2D eigenvalue weighted by molar-refractivity contribution is -0.155. The second kappa shape index (κ2) is 9.36. The van der Waals surface area contributed by atoms with E-state index in [1.54, 1.807) is 51.4 Å². The molecule has 0 radical (unpaired) electrons. The first-order valence-corrected chi connectivity index (χ1v) is 12.6. The van der Waals surface area contributed by atoms with Crippen LogP contribution in [0.2, 0.25) is 5.02 Å². The van der Waals surface area contributed by atoms with Crippen LogP contribution in [0.5, 0.6) is 0 Å². The molecule has 2 heterocycles. The Hall–Kier alpha value is -2.94. The summed E-state index contributed by atoms with van der Waals surface area (Å²) in [5, 5.41) is 0.470. The summed E-state index contributed by atoms with van der Waals surface area (Å²) in [5.74, 6) is -6.41. The van der Waals surface area contributed by atoms with E-state index in [-0.39, 0.29) is 29.7 Å². The lowest BCUT2D eigenvalue weighted by Crippen LogP contribution is -2.59. The number of halogens is 3. The van der Waals surface area contributed by atoms with Gasteiger partial charge in [0, 0.05) is 27.9 Å². The maximum Gasteiger partial charge on any atom is 0.348 e. The molecule has 0 aromatic heterocycles. The van der Waals surface area contributed by atoms with Gasteiger partial charge in [0.2, 0.25) is 19.8 Å². The predicted molar refractivity (Wildman–Crippen MR) is 155 cm³/mol. The molecule has 0 bridgehead atoms. The van der Waals surface area contributed by atoms with E-state index in [0.29, 0.717) is 22.2 Å². The second-order valence-corrected chi connectivity index (χ2v) is 11.4. The highest BCUT2D eigenvalue weighted by Gasteiger charge is 2.51. The number of benzene rings is 2. The van der Waals surface area contributed by atoms with Gasteiger partial charge in [-0.25, -0.2) is 0 Å². The Morgan fingerprint density at radius 3 is 2.29 bits per heavy atom. The molecule has 2 aromatic rings. The summed E-state index contributed by atoms with van der Waals surface area (Å²) < 4.78 is 30.4. The smallest absolute Gasteiger partial charge is 0.348 e. The van der Waals surface area contributed by atoms with Crippen molar-refractivity contribution in [3.63, 3.8) is 0 Å². The Morgan fingerprint density at radius 2 is 1.71 bits per heavy atom. The van der Waals surface area contributed by atoms with E-state index in [4.69, 9.17) is 11.6 Å². The molecule has 2 aliphatic heterocycles. The number of amides is 4. The van der Waals surface area contributed by atoms with E-state index in [0.717, 1.165) is 16.9 Å². The number of nitrogens with one attached hydrogen (secondary N) is 1. The Kier molecular flexibility index (Phi) is 6.92. The molecule has 2 aliphatic rings. The van der Waals surface area contributed by atoms with Crippen LogP contribution >= 0.6 is 11.6 Å². The van der Waals surface area contributed by atoms with Crippen molar-refractivity contribution in [3.8, 4) is 0 Å². The first kappa shape index (κ1) is 28.1. The standard InChI is InChI=1S/C22H24B6ClF2N3O4/c23-13-8-10(21(24,25)34(28)19(38)20(30,31)9-1-3-11(29)4-2-9)7-12-16(13)18(37)33(22(12,26)27)14-5-6-15(35)32-17(14)36/h1-4,7-8,14H,5-6,23-28H2,(H,32,35,36). The highest BCUT2D eigenvalue weighted by atomic mass is 35.5. The van der Waals surface area contributed by atoms with E-state index < -0.39 is 40.0 Å². The molecule has 1 unspecified atom stereocenters. The zero-order chi connectivity index (χ0) is 28.4. The lowest BCUT2D eigenvalue weighted by Gasteiger charge is -2.41. The minimum atomic E-state index is -3.79. The Bertz CT molecular complexity index is 1380. The van der Waals surface area contributed by atoms with Crippen molar-refractivity contribution in [3.05, 3.63) is 63.7 Å². The predicted octanol–water partition coefficient (Wildman–Crippen LogP) is -4.22. The van der Waals surface area contributed by atoms with Gasteiger partial charge in [-0.3, -0.25) is 24.5 Å². The molecule has 1 N–H and O–H groups in total. The van der Waals surface area contributed by atoms with Crippen molar-refractivity contribution in [2.75, 3.05) is 0 Å². The minimum Gasteiger partial charge on any atom is -0.393 e. The van der Waals surface area contributed by atoms with Crippen LogP contribution in [-0.4, -0.2) is 86.6 Å². The summed E-state index contributed by atoms with van der Waals surface area (Å²) in [7, 11) is 9.99. The number of piperidine rings is 1. The monoisotopic (exact) mass is 533 g/mol. The van der Waals surface area contributed by atoms with Crippen molar-refractivity contribution in [2.24, 2.45) is 0 Å². The molecule has 1 atom stereocenters. The molecule has 2 aromatic carbocycles. The molecule has 4 amide bonds.